The van der Waals surface area contributed by atoms with Crippen LogP contribution >= 0.6 is 0 Å². The first-order chi connectivity index (χ1) is 14.6. The molecule has 0 spiro atoms. The normalized spacial score (nSPS) is 11.8. The highest BCUT2D eigenvalue weighted by molar-refractivity contribution is 5.90. The standard InChI is InChI=1S/C25H21NO4/c1-17(27)30-21-14-13-19-10-5-6-11-20(19)24(21)25(22-12-7-15-29-22)26-23(28)16-18-8-3-2-4-9-18/h2-15,25H,16H2,1H3,(H,26,28)/t25-/m1/s1. The molecule has 0 radical (unpaired) electrons. The first-order valence-corrected chi connectivity index (χ1v) is 9.68. The summed E-state index contributed by atoms with van der Waals surface area (Å²) in [4.78, 5) is 24.6. The lowest BCUT2D eigenvalue weighted by molar-refractivity contribution is -0.131. The van der Waals surface area contributed by atoms with E-state index in [1.807, 2.05) is 60.7 Å². The fourth-order valence-corrected chi connectivity index (χ4v) is 3.55. The van der Waals surface area contributed by atoms with Crippen molar-refractivity contribution in [1.29, 1.82) is 0 Å². The number of esters is 1. The second-order valence-electron chi connectivity index (χ2n) is 6.97. The Morgan fingerprint density at radius 3 is 2.43 bits per heavy atom. The summed E-state index contributed by atoms with van der Waals surface area (Å²) >= 11 is 0. The van der Waals surface area contributed by atoms with E-state index in [0.29, 0.717) is 17.1 Å². The molecule has 4 aromatic rings. The van der Waals surface area contributed by atoms with E-state index in [4.69, 9.17) is 9.15 Å². The van der Waals surface area contributed by atoms with E-state index in [0.717, 1.165) is 16.3 Å². The number of furan rings is 1. The average Bonchev–Trinajstić information content (AvgIpc) is 3.27. The van der Waals surface area contributed by atoms with Crippen LogP contribution in [0.4, 0.5) is 0 Å². The van der Waals surface area contributed by atoms with Gasteiger partial charge in [0, 0.05) is 12.5 Å². The van der Waals surface area contributed by atoms with Crippen molar-refractivity contribution in [3.63, 3.8) is 0 Å². The van der Waals surface area contributed by atoms with Gasteiger partial charge in [-0.15, -0.1) is 0 Å². The number of carbonyl (C=O) groups is 2. The van der Waals surface area contributed by atoms with Crippen LogP contribution in [0, 0.1) is 0 Å². The van der Waals surface area contributed by atoms with Gasteiger partial charge in [-0.05, 0) is 34.5 Å². The molecule has 30 heavy (non-hydrogen) atoms. The summed E-state index contributed by atoms with van der Waals surface area (Å²) in [5, 5.41) is 4.91. The van der Waals surface area contributed by atoms with Gasteiger partial charge in [0.25, 0.3) is 0 Å². The number of ether oxygens (including phenoxy) is 1. The Morgan fingerprint density at radius 1 is 0.933 bits per heavy atom. The highest BCUT2D eigenvalue weighted by atomic mass is 16.5. The number of hydrogen-bond donors (Lipinski definition) is 1. The molecule has 1 amide bonds. The molecule has 5 heteroatoms. The summed E-state index contributed by atoms with van der Waals surface area (Å²) in [6, 6.07) is 23.9. The number of amides is 1. The van der Waals surface area contributed by atoms with Crippen LogP contribution in [0.3, 0.4) is 0 Å². The summed E-state index contributed by atoms with van der Waals surface area (Å²) in [5.74, 6) is 0.355. The molecule has 0 saturated heterocycles. The first-order valence-electron chi connectivity index (χ1n) is 9.68. The van der Waals surface area contributed by atoms with Gasteiger partial charge in [-0.25, -0.2) is 0 Å². The van der Waals surface area contributed by atoms with E-state index in [1.165, 1.54) is 6.92 Å². The maximum absolute atomic E-state index is 12.9. The van der Waals surface area contributed by atoms with Crippen molar-refractivity contribution in [2.75, 3.05) is 0 Å². The van der Waals surface area contributed by atoms with Crippen molar-refractivity contribution < 1.29 is 18.7 Å². The van der Waals surface area contributed by atoms with Gasteiger partial charge in [-0.3, -0.25) is 9.59 Å². The Hall–Kier alpha value is -3.86. The van der Waals surface area contributed by atoms with E-state index in [2.05, 4.69) is 5.32 Å². The number of benzene rings is 3. The summed E-state index contributed by atoms with van der Waals surface area (Å²) in [6.45, 7) is 1.36. The minimum absolute atomic E-state index is 0.163. The third kappa shape index (κ3) is 4.25. The zero-order valence-electron chi connectivity index (χ0n) is 16.5. The molecule has 0 saturated carbocycles. The van der Waals surface area contributed by atoms with Crippen molar-refractivity contribution in [2.45, 2.75) is 19.4 Å². The molecule has 5 nitrogen and oxygen atoms in total. The fourth-order valence-electron chi connectivity index (χ4n) is 3.55. The molecule has 1 N–H and O–H groups in total. The van der Waals surface area contributed by atoms with Gasteiger partial charge in [-0.1, -0.05) is 60.7 Å². The van der Waals surface area contributed by atoms with Crippen molar-refractivity contribution >= 4 is 22.6 Å². The van der Waals surface area contributed by atoms with Gasteiger partial charge < -0.3 is 14.5 Å². The Morgan fingerprint density at radius 2 is 1.70 bits per heavy atom. The molecule has 1 atom stereocenters. The Labute approximate surface area is 174 Å². The highest BCUT2D eigenvalue weighted by Gasteiger charge is 2.26. The van der Waals surface area contributed by atoms with Crippen molar-refractivity contribution in [3.8, 4) is 5.75 Å². The number of carbonyl (C=O) groups excluding carboxylic acids is 2. The summed E-state index contributed by atoms with van der Waals surface area (Å²) < 4.78 is 11.2. The van der Waals surface area contributed by atoms with Crippen molar-refractivity contribution in [2.24, 2.45) is 0 Å². The number of hydrogen-bond acceptors (Lipinski definition) is 4. The fraction of sp³-hybridized carbons (Fsp3) is 0.120. The quantitative estimate of drug-likeness (QED) is 0.373. The molecule has 0 aliphatic heterocycles. The molecule has 0 aliphatic rings. The van der Waals surface area contributed by atoms with Crippen molar-refractivity contribution in [1.82, 2.24) is 5.32 Å². The largest absolute Gasteiger partial charge is 0.467 e. The van der Waals surface area contributed by atoms with E-state index >= 15 is 0 Å². The molecular formula is C25H21NO4. The van der Waals surface area contributed by atoms with E-state index < -0.39 is 12.0 Å². The number of rotatable bonds is 6. The topological polar surface area (TPSA) is 68.5 Å². The Balaban J connectivity index is 1.78. The van der Waals surface area contributed by atoms with Crippen LogP contribution in [0.1, 0.15) is 29.9 Å². The van der Waals surface area contributed by atoms with Crippen molar-refractivity contribution in [3.05, 3.63) is 102 Å². The molecule has 150 valence electrons. The molecule has 1 heterocycles. The predicted molar refractivity (Wildman–Crippen MR) is 114 cm³/mol. The Bertz CT molecular complexity index is 1170. The van der Waals surface area contributed by atoms with E-state index in [9.17, 15) is 9.59 Å². The molecular weight excluding hydrogens is 378 g/mol. The second kappa shape index (κ2) is 8.66. The number of fused-ring (bicyclic) bond motifs is 1. The lowest BCUT2D eigenvalue weighted by Gasteiger charge is -2.22. The number of nitrogens with one attached hydrogen (secondary N) is 1. The van der Waals surface area contributed by atoms with Gasteiger partial charge in [-0.2, -0.15) is 0 Å². The van der Waals surface area contributed by atoms with E-state index in [1.54, 1.807) is 24.5 Å². The lowest BCUT2D eigenvalue weighted by atomic mass is 9.95. The molecule has 1 aromatic heterocycles. The SMILES string of the molecule is CC(=O)Oc1ccc2ccccc2c1[C@H](NC(=O)Cc1ccccc1)c1ccco1. The second-order valence-corrected chi connectivity index (χ2v) is 6.97. The molecule has 0 unspecified atom stereocenters. The first kappa shape index (κ1) is 19.5. The Kier molecular flexibility index (Phi) is 5.61. The monoisotopic (exact) mass is 399 g/mol. The zero-order chi connectivity index (χ0) is 20.9. The molecule has 4 rings (SSSR count). The molecule has 0 fully saturated rings. The van der Waals surface area contributed by atoms with Crippen LogP contribution < -0.4 is 10.1 Å². The lowest BCUT2D eigenvalue weighted by Crippen LogP contribution is -2.31. The minimum atomic E-state index is -0.614. The zero-order valence-corrected chi connectivity index (χ0v) is 16.5. The predicted octanol–water partition coefficient (Wildman–Crippen LogP) is 4.81. The van der Waals surface area contributed by atoms with Gasteiger partial charge in [0.2, 0.25) is 5.91 Å². The molecule has 0 bridgehead atoms. The maximum Gasteiger partial charge on any atom is 0.308 e. The van der Waals surface area contributed by atoms with Crippen LogP contribution in [0.25, 0.3) is 10.8 Å². The van der Waals surface area contributed by atoms with Gasteiger partial charge in [0.05, 0.1) is 12.7 Å². The maximum atomic E-state index is 12.9. The van der Waals surface area contributed by atoms with Gasteiger partial charge in [0.1, 0.15) is 17.6 Å². The highest BCUT2D eigenvalue weighted by Crippen LogP contribution is 2.37. The van der Waals surface area contributed by atoms with Crippen LogP contribution in [0.15, 0.2) is 89.5 Å². The smallest absolute Gasteiger partial charge is 0.308 e. The third-order valence-corrected chi connectivity index (χ3v) is 4.81. The summed E-state index contributed by atoms with van der Waals surface area (Å²) in [5.41, 5.74) is 1.59. The van der Waals surface area contributed by atoms with Crippen LogP contribution in [-0.2, 0) is 16.0 Å². The third-order valence-electron chi connectivity index (χ3n) is 4.81. The summed E-state index contributed by atoms with van der Waals surface area (Å²) in [7, 11) is 0. The van der Waals surface area contributed by atoms with E-state index in [-0.39, 0.29) is 12.3 Å². The van der Waals surface area contributed by atoms with Gasteiger partial charge >= 0.3 is 5.97 Å². The van der Waals surface area contributed by atoms with Gasteiger partial charge in [0.15, 0.2) is 0 Å². The minimum Gasteiger partial charge on any atom is -0.467 e. The van der Waals surface area contributed by atoms with Crippen LogP contribution in [0.2, 0.25) is 0 Å². The van der Waals surface area contributed by atoms with Crippen LogP contribution in [-0.4, -0.2) is 11.9 Å². The molecule has 0 aliphatic carbocycles. The molecule has 3 aromatic carbocycles. The summed E-state index contributed by atoms with van der Waals surface area (Å²) in [6.07, 6.45) is 1.79. The average molecular weight is 399 g/mol. The van der Waals surface area contributed by atoms with Crippen LogP contribution in [0.5, 0.6) is 5.75 Å².